The van der Waals surface area contributed by atoms with E-state index in [0.29, 0.717) is 11.5 Å². The summed E-state index contributed by atoms with van der Waals surface area (Å²) in [5.41, 5.74) is 1.46. The van der Waals surface area contributed by atoms with Gasteiger partial charge in [0.1, 0.15) is 29.9 Å². The van der Waals surface area contributed by atoms with Crippen LogP contribution in [0, 0.1) is 7.40 Å². The van der Waals surface area contributed by atoms with Crippen LogP contribution < -0.4 is 9.47 Å². The lowest BCUT2D eigenvalue weighted by molar-refractivity contribution is 0.409. The molecule has 0 spiro atoms. The van der Waals surface area contributed by atoms with Crippen molar-refractivity contribution in [3.63, 3.8) is 0 Å². The summed E-state index contributed by atoms with van der Waals surface area (Å²) in [5, 5.41) is 0. The minimum absolute atomic E-state index is 0.706. The van der Waals surface area contributed by atoms with Crippen molar-refractivity contribution in [2.45, 2.75) is 0 Å². The highest BCUT2D eigenvalue weighted by Crippen LogP contribution is 2.31. The third-order valence-electron chi connectivity index (χ3n) is 2.11. The van der Waals surface area contributed by atoms with E-state index in [1.807, 2.05) is 12.1 Å². The molecule has 2 rings (SSSR count). The van der Waals surface area contributed by atoms with Gasteiger partial charge in [0, 0.05) is 0 Å². The Labute approximate surface area is 120 Å². The molecule has 0 amide bonds. The Balaban J connectivity index is 2.85. The number of hydrogen-bond donors (Lipinski definition) is 0. The summed E-state index contributed by atoms with van der Waals surface area (Å²) in [4.78, 5) is 8.93. The first-order valence-corrected chi connectivity index (χ1v) is 6.57. The number of hydrogen-bond acceptors (Lipinski definition) is 4. The zero-order chi connectivity index (χ0) is 11.7. The van der Waals surface area contributed by atoms with E-state index in [0.717, 1.165) is 18.4 Å². The van der Waals surface area contributed by atoms with E-state index < -0.39 is 0 Å². The second-order valence-electron chi connectivity index (χ2n) is 2.97. The predicted octanol–water partition coefficient (Wildman–Crippen LogP) is 2.86. The van der Waals surface area contributed by atoms with Crippen LogP contribution in [-0.2, 0) is 0 Å². The summed E-state index contributed by atoms with van der Waals surface area (Å²) in [6, 6.07) is 3.66. The van der Waals surface area contributed by atoms with Gasteiger partial charge in [0.2, 0.25) is 0 Å². The molecule has 16 heavy (non-hydrogen) atoms. The molecule has 1 aromatic heterocycles. The number of benzene rings is 1. The molecule has 0 unspecified atom stereocenters. The van der Waals surface area contributed by atoms with Crippen LogP contribution in [0.25, 0.3) is 11.0 Å². The van der Waals surface area contributed by atoms with Crippen LogP contribution in [0.3, 0.4) is 0 Å². The van der Waals surface area contributed by atoms with Gasteiger partial charge >= 0.3 is 0 Å². The molecule has 84 valence electrons. The minimum Gasteiger partial charge on any atom is -0.494 e. The van der Waals surface area contributed by atoms with E-state index in [2.05, 4.69) is 55.1 Å². The minimum atomic E-state index is 0.706. The normalized spacial score (nSPS) is 10.5. The lowest BCUT2D eigenvalue weighted by Crippen LogP contribution is -1.98. The summed E-state index contributed by atoms with van der Waals surface area (Å²) < 4.78 is 12.2. The van der Waals surface area contributed by atoms with Gasteiger partial charge < -0.3 is 9.47 Å². The fraction of sp³-hybridized carbons (Fsp3) is 0.200. The van der Waals surface area contributed by atoms with E-state index in [9.17, 15) is 0 Å². The van der Waals surface area contributed by atoms with E-state index in [1.165, 1.54) is 0 Å². The summed E-state index contributed by atoms with van der Waals surface area (Å²) in [6.07, 6.45) is 0. The Kier molecular flexibility index (Phi) is 3.67. The zero-order valence-electron chi connectivity index (χ0n) is 8.62. The van der Waals surface area contributed by atoms with Crippen molar-refractivity contribution in [1.82, 2.24) is 9.97 Å². The SMILES string of the molecule is COc1ccc(OC)c2nc(I)c(I)nc12. The van der Waals surface area contributed by atoms with Crippen LogP contribution in [0.4, 0.5) is 0 Å². The second-order valence-corrected chi connectivity index (χ2v) is 5.02. The molecule has 0 saturated carbocycles. The maximum atomic E-state index is 5.26. The number of nitrogens with zero attached hydrogens (tertiary/aromatic N) is 2. The number of rotatable bonds is 2. The van der Waals surface area contributed by atoms with E-state index in [4.69, 9.17) is 9.47 Å². The number of fused-ring (bicyclic) bond motifs is 1. The fourth-order valence-electron chi connectivity index (χ4n) is 1.38. The number of ether oxygens (including phenoxy) is 2. The quantitative estimate of drug-likeness (QED) is 0.672. The van der Waals surface area contributed by atoms with Crippen LogP contribution in [-0.4, -0.2) is 24.2 Å². The molecule has 1 heterocycles. The molecule has 1 aromatic carbocycles. The molecule has 4 nitrogen and oxygen atoms in total. The first-order chi connectivity index (χ1) is 7.67. The van der Waals surface area contributed by atoms with Crippen molar-refractivity contribution < 1.29 is 9.47 Å². The van der Waals surface area contributed by atoms with Crippen molar-refractivity contribution in [2.75, 3.05) is 14.2 Å². The fourth-order valence-corrected chi connectivity index (χ4v) is 2.10. The van der Waals surface area contributed by atoms with Gasteiger partial charge in [0.05, 0.1) is 14.2 Å². The molecule has 0 radical (unpaired) electrons. The number of methoxy groups -OCH3 is 2. The van der Waals surface area contributed by atoms with Crippen LogP contribution >= 0.6 is 45.2 Å². The van der Waals surface area contributed by atoms with Crippen LogP contribution in [0.15, 0.2) is 12.1 Å². The molecule has 0 atom stereocenters. The molecule has 0 aliphatic heterocycles. The lowest BCUT2D eigenvalue weighted by atomic mass is 10.2. The molecule has 2 aromatic rings. The molecular formula is C10H8I2N2O2. The largest absolute Gasteiger partial charge is 0.494 e. The molecule has 0 aliphatic rings. The van der Waals surface area contributed by atoms with E-state index in [-0.39, 0.29) is 0 Å². The first-order valence-electron chi connectivity index (χ1n) is 4.41. The standard InChI is InChI=1S/C10H8I2N2O2/c1-15-5-3-4-6(16-2)8-7(5)13-9(11)10(12)14-8/h3-4H,1-2H3. The molecule has 0 saturated heterocycles. The average molecular weight is 442 g/mol. The third kappa shape index (κ3) is 2.04. The molecular weight excluding hydrogens is 434 g/mol. The molecule has 0 bridgehead atoms. The Morgan fingerprint density at radius 1 is 0.875 bits per heavy atom. The van der Waals surface area contributed by atoms with E-state index in [1.54, 1.807) is 14.2 Å². The lowest BCUT2D eigenvalue weighted by Gasteiger charge is -2.09. The zero-order valence-corrected chi connectivity index (χ0v) is 12.9. The number of halogens is 2. The van der Waals surface area contributed by atoms with Crippen molar-refractivity contribution >= 4 is 56.2 Å². The second kappa shape index (κ2) is 4.86. The van der Waals surface area contributed by atoms with E-state index >= 15 is 0 Å². The maximum Gasteiger partial charge on any atom is 0.147 e. The van der Waals surface area contributed by atoms with Gasteiger partial charge in [-0.1, -0.05) is 0 Å². The molecule has 0 fully saturated rings. The van der Waals surface area contributed by atoms with Gasteiger partial charge in [-0.05, 0) is 57.3 Å². The summed E-state index contributed by atoms with van der Waals surface area (Å²) in [6.45, 7) is 0. The van der Waals surface area contributed by atoms with Gasteiger partial charge in [-0.15, -0.1) is 0 Å². The average Bonchev–Trinajstić information content (AvgIpc) is 2.29. The Morgan fingerprint density at radius 2 is 1.25 bits per heavy atom. The Bertz CT molecular complexity index is 497. The maximum absolute atomic E-state index is 5.26. The van der Waals surface area contributed by atoms with Gasteiger partial charge in [-0.2, -0.15) is 0 Å². The molecule has 6 heteroatoms. The molecule has 0 N–H and O–H groups in total. The van der Waals surface area contributed by atoms with Crippen LogP contribution in [0.5, 0.6) is 11.5 Å². The Morgan fingerprint density at radius 3 is 1.56 bits per heavy atom. The van der Waals surface area contributed by atoms with Crippen molar-refractivity contribution in [1.29, 1.82) is 0 Å². The third-order valence-corrected chi connectivity index (χ3v) is 4.64. The summed E-state index contributed by atoms with van der Waals surface area (Å²) in [5.74, 6) is 1.41. The van der Waals surface area contributed by atoms with Crippen molar-refractivity contribution in [3.8, 4) is 11.5 Å². The summed E-state index contributed by atoms with van der Waals surface area (Å²) in [7, 11) is 3.24. The predicted molar refractivity (Wildman–Crippen MR) is 78.1 cm³/mol. The topological polar surface area (TPSA) is 44.2 Å². The van der Waals surface area contributed by atoms with Crippen molar-refractivity contribution in [3.05, 3.63) is 19.5 Å². The van der Waals surface area contributed by atoms with Crippen molar-refractivity contribution in [2.24, 2.45) is 0 Å². The number of aromatic nitrogens is 2. The summed E-state index contributed by atoms with van der Waals surface area (Å²) >= 11 is 4.30. The Hall–Kier alpha value is -0.380. The van der Waals surface area contributed by atoms with Gasteiger partial charge in [-0.3, -0.25) is 0 Å². The molecule has 0 aliphatic carbocycles. The van der Waals surface area contributed by atoms with Gasteiger partial charge in [0.25, 0.3) is 0 Å². The first kappa shape index (κ1) is 12.1. The smallest absolute Gasteiger partial charge is 0.147 e. The monoisotopic (exact) mass is 442 g/mol. The van der Waals surface area contributed by atoms with Gasteiger partial charge in [-0.25, -0.2) is 9.97 Å². The van der Waals surface area contributed by atoms with Gasteiger partial charge in [0.15, 0.2) is 0 Å². The highest BCUT2D eigenvalue weighted by atomic mass is 127. The highest BCUT2D eigenvalue weighted by Gasteiger charge is 2.12. The van der Waals surface area contributed by atoms with Crippen LogP contribution in [0.2, 0.25) is 0 Å². The highest BCUT2D eigenvalue weighted by molar-refractivity contribution is 14.1. The van der Waals surface area contributed by atoms with Crippen LogP contribution in [0.1, 0.15) is 0 Å².